The molecule has 32 heavy (non-hydrogen) atoms. The zero-order valence-corrected chi connectivity index (χ0v) is 18.5. The van der Waals surface area contributed by atoms with E-state index in [1.807, 2.05) is 29.2 Å². The van der Waals surface area contributed by atoms with Gasteiger partial charge in [-0.2, -0.15) is 4.98 Å². The molecule has 8 heteroatoms. The number of aromatic amines is 1. The number of fused-ring (bicyclic) bond motifs is 1. The van der Waals surface area contributed by atoms with Crippen molar-refractivity contribution >= 4 is 16.8 Å². The second kappa shape index (κ2) is 9.32. The van der Waals surface area contributed by atoms with Gasteiger partial charge in [0.05, 0.1) is 7.11 Å². The van der Waals surface area contributed by atoms with Crippen molar-refractivity contribution in [1.82, 2.24) is 20.0 Å². The first-order valence-corrected chi connectivity index (χ1v) is 11.6. The van der Waals surface area contributed by atoms with Gasteiger partial charge < -0.3 is 23.9 Å². The standard InChI is InChI=1S/C24H30N4O4/c1-30-19-5-6-20-18(13-19)14-21(25-20)24(29)28-10-2-3-16(15-28)4-7-22-26-23(32-27-22)17-8-11-31-12-9-17/h5-6,13-14,16-17,25H,2-4,7-12,15H2,1H3. The number of hydrogen-bond donors (Lipinski definition) is 1. The lowest BCUT2D eigenvalue weighted by Gasteiger charge is -2.32. The summed E-state index contributed by atoms with van der Waals surface area (Å²) in [6.07, 6.45) is 5.78. The molecule has 1 amide bonds. The van der Waals surface area contributed by atoms with E-state index in [1.54, 1.807) is 7.11 Å². The second-order valence-electron chi connectivity index (χ2n) is 8.87. The molecular weight excluding hydrogens is 408 g/mol. The molecule has 0 bridgehead atoms. The Balaban J connectivity index is 1.18. The third-order valence-corrected chi connectivity index (χ3v) is 6.70. The van der Waals surface area contributed by atoms with Gasteiger partial charge in [0.2, 0.25) is 5.89 Å². The predicted octanol–water partition coefficient (Wildman–Crippen LogP) is 3.94. The van der Waals surface area contributed by atoms with Gasteiger partial charge in [-0.05, 0) is 62.3 Å². The fourth-order valence-electron chi connectivity index (χ4n) is 4.82. The molecule has 5 rings (SSSR count). The van der Waals surface area contributed by atoms with Crippen LogP contribution in [0.2, 0.25) is 0 Å². The summed E-state index contributed by atoms with van der Waals surface area (Å²) < 4.78 is 16.2. The Morgan fingerprint density at radius 1 is 1.25 bits per heavy atom. The van der Waals surface area contributed by atoms with Gasteiger partial charge >= 0.3 is 0 Å². The van der Waals surface area contributed by atoms with Crippen molar-refractivity contribution < 1.29 is 18.8 Å². The molecule has 3 aromatic rings. The van der Waals surface area contributed by atoms with Crippen molar-refractivity contribution in [2.45, 2.75) is 44.4 Å². The summed E-state index contributed by atoms with van der Waals surface area (Å²) >= 11 is 0. The summed E-state index contributed by atoms with van der Waals surface area (Å²) in [5, 5.41) is 5.18. The normalized spacial score (nSPS) is 20.0. The Morgan fingerprint density at radius 2 is 2.12 bits per heavy atom. The average Bonchev–Trinajstić information content (AvgIpc) is 3.50. The minimum absolute atomic E-state index is 0.0613. The molecule has 0 saturated carbocycles. The minimum atomic E-state index is 0.0613. The highest BCUT2D eigenvalue weighted by Crippen LogP contribution is 2.27. The number of aromatic nitrogens is 3. The van der Waals surface area contributed by atoms with Gasteiger partial charge in [-0.1, -0.05) is 5.16 Å². The number of piperidine rings is 1. The number of benzene rings is 1. The summed E-state index contributed by atoms with van der Waals surface area (Å²) in [5.41, 5.74) is 1.58. The number of nitrogens with zero attached hydrogens (tertiary/aromatic N) is 3. The van der Waals surface area contributed by atoms with Gasteiger partial charge in [0.1, 0.15) is 11.4 Å². The minimum Gasteiger partial charge on any atom is -0.497 e. The van der Waals surface area contributed by atoms with Crippen LogP contribution in [-0.4, -0.2) is 59.3 Å². The quantitative estimate of drug-likeness (QED) is 0.627. The van der Waals surface area contributed by atoms with E-state index in [0.29, 0.717) is 17.5 Å². The first kappa shape index (κ1) is 21.0. The van der Waals surface area contributed by atoms with E-state index >= 15 is 0 Å². The molecule has 170 valence electrons. The maximum atomic E-state index is 13.1. The summed E-state index contributed by atoms with van der Waals surface area (Å²) in [7, 11) is 1.65. The number of methoxy groups -OCH3 is 1. The topological polar surface area (TPSA) is 93.5 Å². The number of carbonyl (C=O) groups excluding carboxylic acids is 1. The third-order valence-electron chi connectivity index (χ3n) is 6.70. The molecule has 1 atom stereocenters. The smallest absolute Gasteiger partial charge is 0.270 e. The lowest BCUT2D eigenvalue weighted by Crippen LogP contribution is -2.40. The molecule has 1 aromatic carbocycles. The maximum absolute atomic E-state index is 13.1. The summed E-state index contributed by atoms with van der Waals surface area (Å²) in [6.45, 7) is 3.09. The monoisotopic (exact) mass is 438 g/mol. The van der Waals surface area contributed by atoms with Crippen LogP contribution in [0.3, 0.4) is 0 Å². The van der Waals surface area contributed by atoms with Gasteiger partial charge in [0.15, 0.2) is 5.82 Å². The Kier molecular flexibility index (Phi) is 6.12. The van der Waals surface area contributed by atoms with E-state index in [1.165, 1.54) is 0 Å². The molecule has 2 aliphatic heterocycles. The number of aryl methyl sites for hydroxylation is 1. The van der Waals surface area contributed by atoms with Gasteiger partial charge in [-0.25, -0.2) is 0 Å². The Hall–Kier alpha value is -2.87. The molecule has 2 aliphatic rings. The number of likely N-dealkylation sites (tertiary alicyclic amines) is 1. The van der Waals surface area contributed by atoms with Crippen molar-refractivity contribution in [3.63, 3.8) is 0 Å². The van der Waals surface area contributed by atoms with Gasteiger partial charge in [0.25, 0.3) is 5.91 Å². The Bertz CT molecular complexity index is 1070. The number of carbonyl (C=O) groups is 1. The zero-order chi connectivity index (χ0) is 21.9. The number of H-pyrrole nitrogens is 1. The first-order chi connectivity index (χ1) is 15.7. The van der Waals surface area contributed by atoms with E-state index in [9.17, 15) is 4.79 Å². The van der Waals surface area contributed by atoms with Crippen molar-refractivity contribution in [2.75, 3.05) is 33.4 Å². The van der Waals surface area contributed by atoms with Crippen LogP contribution in [0.15, 0.2) is 28.8 Å². The van der Waals surface area contributed by atoms with Crippen LogP contribution in [0, 0.1) is 5.92 Å². The molecule has 0 spiro atoms. The summed E-state index contributed by atoms with van der Waals surface area (Å²) in [5.74, 6) is 3.14. The van der Waals surface area contributed by atoms with E-state index in [2.05, 4.69) is 15.1 Å². The highest BCUT2D eigenvalue weighted by molar-refractivity contribution is 5.98. The average molecular weight is 439 g/mol. The SMILES string of the molecule is COc1ccc2[nH]c(C(=O)N3CCCC(CCc4noc(C5CCOCC5)n4)C3)cc2c1. The van der Waals surface area contributed by atoms with Crippen molar-refractivity contribution in [2.24, 2.45) is 5.92 Å². The predicted molar refractivity (Wildman–Crippen MR) is 119 cm³/mol. The van der Waals surface area contributed by atoms with Crippen LogP contribution in [0.4, 0.5) is 0 Å². The lowest BCUT2D eigenvalue weighted by atomic mass is 9.93. The molecule has 8 nitrogen and oxygen atoms in total. The van der Waals surface area contributed by atoms with Gasteiger partial charge in [-0.15, -0.1) is 0 Å². The van der Waals surface area contributed by atoms with Crippen molar-refractivity contribution in [3.8, 4) is 5.75 Å². The fourth-order valence-corrected chi connectivity index (χ4v) is 4.82. The van der Waals surface area contributed by atoms with Crippen molar-refractivity contribution in [3.05, 3.63) is 41.7 Å². The van der Waals surface area contributed by atoms with Crippen LogP contribution in [0.5, 0.6) is 5.75 Å². The number of amides is 1. The molecule has 2 aromatic heterocycles. The highest BCUT2D eigenvalue weighted by atomic mass is 16.5. The molecule has 2 fully saturated rings. The number of rotatable bonds is 6. The number of ether oxygens (including phenoxy) is 2. The summed E-state index contributed by atoms with van der Waals surface area (Å²) in [4.78, 5) is 23.0. The van der Waals surface area contributed by atoms with Crippen LogP contribution in [0.1, 0.15) is 60.2 Å². The van der Waals surface area contributed by atoms with Gasteiger partial charge in [-0.3, -0.25) is 4.79 Å². The molecule has 1 N–H and O–H groups in total. The van der Waals surface area contributed by atoms with Crippen LogP contribution < -0.4 is 4.74 Å². The Morgan fingerprint density at radius 3 is 2.97 bits per heavy atom. The van der Waals surface area contributed by atoms with Crippen LogP contribution >= 0.6 is 0 Å². The van der Waals surface area contributed by atoms with Gasteiger partial charge in [0, 0.05) is 49.5 Å². The van der Waals surface area contributed by atoms with Crippen LogP contribution in [0.25, 0.3) is 10.9 Å². The van der Waals surface area contributed by atoms with Crippen LogP contribution in [-0.2, 0) is 11.2 Å². The third kappa shape index (κ3) is 4.50. The lowest BCUT2D eigenvalue weighted by molar-refractivity contribution is 0.0663. The highest BCUT2D eigenvalue weighted by Gasteiger charge is 2.26. The largest absolute Gasteiger partial charge is 0.497 e. The molecule has 0 radical (unpaired) electrons. The zero-order valence-electron chi connectivity index (χ0n) is 18.5. The molecule has 1 unspecified atom stereocenters. The molecular formula is C24H30N4O4. The Labute approximate surface area is 187 Å². The fraction of sp³-hybridized carbons (Fsp3) is 0.542. The first-order valence-electron chi connectivity index (χ1n) is 11.6. The molecule has 2 saturated heterocycles. The number of nitrogens with one attached hydrogen (secondary N) is 1. The van der Waals surface area contributed by atoms with E-state index in [0.717, 1.165) is 93.2 Å². The molecule has 0 aliphatic carbocycles. The summed E-state index contributed by atoms with van der Waals surface area (Å²) in [6, 6.07) is 7.71. The van der Waals surface area contributed by atoms with E-state index in [4.69, 9.17) is 14.0 Å². The second-order valence-corrected chi connectivity index (χ2v) is 8.87. The maximum Gasteiger partial charge on any atom is 0.270 e. The van der Waals surface area contributed by atoms with Crippen molar-refractivity contribution in [1.29, 1.82) is 0 Å². The number of hydrogen-bond acceptors (Lipinski definition) is 6. The van der Waals surface area contributed by atoms with E-state index < -0.39 is 0 Å². The van der Waals surface area contributed by atoms with E-state index in [-0.39, 0.29) is 5.91 Å². The molecule has 4 heterocycles.